The van der Waals surface area contributed by atoms with E-state index < -0.39 is 0 Å². The molecule has 0 radical (unpaired) electrons. The normalized spacial score (nSPS) is 16.5. The highest BCUT2D eigenvalue weighted by Gasteiger charge is 2.30. The van der Waals surface area contributed by atoms with Gasteiger partial charge in [0, 0.05) is 22.1 Å². The Bertz CT molecular complexity index is 982. The summed E-state index contributed by atoms with van der Waals surface area (Å²) >= 11 is 1.54. The first-order chi connectivity index (χ1) is 12.7. The van der Waals surface area contributed by atoms with Crippen molar-refractivity contribution in [2.75, 3.05) is 5.32 Å². The van der Waals surface area contributed by atoms with Crippen LogP contribution in [0.4, 0.5) is 5.69 Å². The molecule has 8 heteroatoms. The van der Waals surface area contributed by atoms with E-state index in [9.17, 15) is 4.79 Å². The van der Waals surface area contributed by atoms with Crippen molar-refractivity contribution in [3.05, 3.63) is 33.8 Å². The molecule has 2 aliphatic rings. The van der Waals surface area contributed by atoms with Crippen LogP contribution in [0, 0.1) is 6.92 Å². The molecule has 0 aromatic carbocycles. The van der Waals surface area contributed by atoms with Crippen molar-refractivity contribution in [2.24, 2.45) is 0 Å². The zero-order valence-corrected chi connectivity index (χ0v) is 15.3. The zero-order valence-electron chi connectivity index (χ0n) is 14.5. The van der Waals surface area contributed by atoms with Gasteiger partial charge < -0.3 is 9.73 Å². The molecule has 0 atom stereocenters. The average molecular weight is 369 g/mol. The summed E-state index contributed by atoms with van der Waals surface area (Å²) in [6, 6.07) is 1.90. The van der Waals surface area contributed by atoms with Gasteiger partial charge in [0.1, 0.15) is 0 Å². The quantitative estimate of drug-likeness (QED) is 0.728. The Hall–Kier alpha value is -2.48. The molecule has 0 saturated heterocycles. The van der Waals surface area contributed by atoms with Gasteiger partial charge in [-0.1, -0.05) is 0 Å². The molecule has 0 unspecified atom stereocenters. The maximum atomic E-state index is 12.7. The second-order valence-electron chi connectivity index (χ2n) is 6.99. The lowest BCUT2D eigenvalue weighted by atomic mass is 9.96. The molecule has 1 fully saturated rings. The van der Waals surface area contributed by atoms with Crippen molar-refractivity contribution in [3.8, 4) is 10.8 Å². The molecule has 2 N–H and O–H groups in total. The fourth-order valence-corrected chi connectivity index (χ4v) is 4.29. The number of amides is 1. The molecule has 3 heterocycles. The van der Waals surface area contributed by atoms with E-state index in [2.05, 4.69) is 25.7 Å². The van der Waals surface area contributed by atoms with E-state index in [4.69, 9.17) is 4.42 Å². The van der Waals surface area contributed by atoms with Gasteiger partial charge in [-0.05, 0) is 51.5 Å². The van der Waals surface area contributed by atoms with Crippen LogP contribution in [-0.4, -0.2) is 26.3 Å². The highest BCUT2D eigenvalue weighted by Crippen LogP contribution is 2.41. The van der Waals surface area contributed by atoms with Crippen LogP contribution >= 0.6 is 11.3 Å². The molecule has 134 valence electrons. The van der Waals surface area contributed by atoms with E-state index in [1.54, 1.807) is 11.3 Å². The Morgan fingerprint density at radius 1 is 1.31 bits per heavy atom. The maximum absolute atomic E-state index is 12.7. The van der Waals surface area contributed by atoms with Crippen LogP contribution < -0.4 is 5.32 Å². The molecule has 3 aromatic rings. The number of hydrogen-bond donors (Lipinski definition) is 2. The van der Waals surface area contributed by atoms with Gasteiger partial charge in [-0.25, -0.2) is 0 Å². The standard InChI is InChI=1S/C18H19N5O2S/c1-9-13(8-14(26-9)18-23-22-17(25-18)10-6-7-10)19-16(24)15-11-4-2-3-5-12(11)20-21-15/h8,10H,2-7H2,1H3,(H,19,24)(H,20,21). The number of carbonyl (C=O) groups excluding carboxylic acids is 1. The number of thiophene rings is 1. The molecule has 26 heavy (non-hydrogen) atoms. The summed E-state index contributed by atoms with van der Waals surface area (Å²) in [5.74, 6) is 1.51. The van der Waals surface area contributed by atoms with Gasteiger partial charge in [0.05, 0.1) is 10.6 Å². The maximum Gasteiger partial charge on any atom is 0.276 e. The second-order valence-corrected chi connectivity index (χ2v) is 8.25. The van der Waals surface area contributed by atoms with E-state index in [0.717, 1.165) is 71.1 Å². The summed E-state index contributed by atoms with van der Waals surface area (Å²) in [6.07, 6.45) is 6.39. The Morgan fingerprint density at radius 3 is 3.00 bits per heavy atom. The van der Waals surface area contributed by atoms with Crippen molar-refractivity contribution in [1.29, 1.82) is 0 Å². The van der Waals surface area contributed by atoms with E-state index in [-0.39, 0.29) is 5.91 Å². The third kappa shape index (κ3) is 2.74. The van der Waals surface area contributed by atoms with Crippen molar-refractivity contribution in [2.45, 2.75) is 51.4 Å². The minimum absolute atomic E-state index is 0.166. The largest absolute Gasteiger partial charge is 0.420 e. The van der Waals surface area contributed by atoms with Gasteiger partial charge in [0.2, 0.25) is 5.89 Å². The Kier molecular flexibility index (Phi) is 3.66. The monoisotopic (exact) mass is 369 g/mol. The summed E-state index contributed by atoms with van der Waals surface area (Å²) in [5, 5.41) is 18.5. The highest BCUT2D eigenvalue weighted by atomic mass is 32.1. The number of nitrogens with one attached hydrogen (secondary N) is 2. The highest BCUT2D eigenvalue weighted by molar-refractivity contribution is 7.15. The molecule has 5 rings (SSSR count). The summed E-state index contributed by atoms with van der Waals surface area (Å²) in [7, 11) is 0. The van der Waals surface area contributed by atoms with Crippen LogP contribution in [-0.2, 0) is 12.8 Å². The first-order valence-corrected chi connectivity index (χ1v) is 9.82. The van der Waals surface area contributed by atoms with Crippen molar-refractivity contribution in [1.82, 2.24) is 20.4 Å². The fraction of sp³-hybridized carbons (Fsp3) is 0.444. The predicted molar refractivity (Wildman–Crippen MR) is 97.5 cm³/mol. The molecule has 0 aliphatic heterocycles. The van der Waals surface area contributed by atoms with Gasteiger partial charge in [-0.3, -0.25) is 9.89 Å². The number of aromatic amines is 1. The number of fused-ring (bicyclic) bond motifs is 1. The Morgan fingerprint density at radius 2 is 2.15 bits per heavy atom. The molecular weight excluding hydrogens is 350 g/mol. The predicted octanol–water partition coefficient (Wildman–Crippen LogP) is 3.84. The van der Waals surface area contributed by atoms with Crippen molar-refractivity contribution < 1.29 is 9.21 Å². The Labute approximate surface area is 154 Å². The topological polar surface area (TPSA) is 96.7 Å². The van der Waals surface area contributed by atoms with Gasteiger partial charge in [0.15, 0.2) is 5.69 Å². The number of rotatable bonds is 4. The van der Waals surface area contributed by atoms with Gasteiger partial charge >= 0.3 is 0 Å². The van der Waals surface area contributed by atoms with Crippen LogP contribution in [0.1, 0.15) is 64.1 Å². The summed E-state index contributed by atoms with van der Waals surface area (Å²) in [4.78, 5) is 14.6. The number of aryl methyl sites for hydroxylation is 2. The third-order valence-electron chi connectivity index (χ3n) is 5.02. The first-order valence-electron chi connectivity index (χ1n) is 9.00. The van der Waals surface area contributed by atoms with Gasteiger partial charge in [-0.2, -0.15) is 5.10 Å². The molecule has 1 amide bonds. The lowest BCUT2D eigenvalue weighted by Gasteiger charge is -2.11. The van der Waals surface area contributed by atoms with E-state index in [0.29, 0.717) is 17.5 Å². The number of anilines is 1. The number of H-pyrrole nitrogens is 1. The van der Waals surface area contributed by atoms with Crippen LogP contribution in [0.15, 0.2) is 10.5 Å². The fourth-order valence-electron chi connectivity index (χ4n) is 3.39. The number of carbonyl (C=O) groups is 1. The summed E-state index contributed by atoms with van der Waals surface area (Å²) in [5.41, 5.74) is 3.45. The van der Waals surface area contributed by atoms with E-state index in [1.165, 1.54) is 0 Å². The molecule has 1 saturated carbocycles. The first kappa shape index (κ1) is 15.7. The number of nitrogens with zero attached hydrogens (tertiary/aromatic N) is 3. The third-order valence-corrected chi connectivity index (χ3v) is 6.05. The van der Waals surface area contributed by atoms with E-state index >= 15 is 0 Å². The molecule has 0 spiro atoms. The zero-order chi connectivity index (χ0) is 17.7. The summed E-state index contributed by atoms with van der Waals surface area (Å²) < 4.78 is 5.77. The van der Waals surface area contributed by atoms with Crippen LogP contribution in [0.5, 0.6) is 0 Å². The molecule has 7 nitrogen and oxygen atoms in total. The molecular formula is C18H19N5O2S. The van der Waals surface area contributed by atoms with E-state index in [1.807, 2.05) is 13.0 Å². The summed E-state index contributed by atoms with van der Waals surface area (Å²) in [6.45, 7) is 1.97. The SMILES string of the molecule is Cc1sc(-c2nnc(C3CC3)o2)cc1NC(=O)c1n[nH]c2c1CCCC2. The minimum atomic E-state index is -0.166. The Balaban J connectivity index is 1.37. The van der Waals surface area contributed by atoms with Crippen molar-refractivity contribution >= 4 is 22.9 Å². The lowest BCUT2D eigenvalue weighted by Crippen LogP contribution is -2.15. The van der Waals surface area contributed by atoms with Gasteiger partial charge in [-0.15, -0.1) is 21.5 Å². The van der Waals surface area contributed by atoms with Crippen LogP contribution in [0.25, 0.3) is 10.8 Å². The lowest BCUT2D eigenvalue weighted by molar-refractivity contribution is 0.102. The second kappa shape index (κ2) is 6.05. The number of aromatic nitrogens is 4. The average Bonchev–Trinajstić information content (AvgIpc) is 3.07. The number of hydrogen-bond acceptors (Lipinski definition) is 6. The van der Waals surface area contributed by atoms with Crippen molar-refractivity contribution in [3.63, 3.8) is 0 Å². The van der Waals surface area contributed by atoms with Crippen LogP contribution in [0.2, 0.25) is 0 Å². The van der Waals surface area contributed by atoms with Crippen LogP contribution in [0.3, 0.4) is 0 Å². The minimum Gasteiger partial charge on any atom is -0.420 e. The molecule has 2 aliphatic carbocycles. The smallest absolute Gasteiger partial charge is 0.276 e. The molecule has 3 aromatic heterocycles. The molecule has 0 bridgehead atoms. The van der Waals surface area contributed by atoms with Gasteiger partial charge in [0.25, 0.3) is 11.8 Å².